The molecule has 0 N–H and O–H groups in total. The van der Waals surface area contributed by atoms with Crippen molar-refractivity contribution in [3.63, 3.8) is 0 Å². The first-order valence-corrected chi connectivity index (χ1v) is 10.5. The van der Waals surface area contributed by atoms with Crippen molar-refractivity contribution in [2.24, 2.45) is 0 Å². The first-order chi connectivity index (χ1) is 15.0. The quantitative estimate of drug-likeness (QED) is 0.580. The highest BCUT2D eigenvalue weighted by Gasteiger charge is 2.47. The lowest BCUT2D eigenvalue weighted by atomic mass is 10.0. The van der Waals surface area contributed by atoms with Crippen LogP contribution in [0.4, 0.5) is 0 Å². The molecule has 0 bridgehead atoms. The second-order valence-corrected chi connectivity index (χ2v) is 7.92. The van der Waals surface area contributed by atoms with Gasteiger partial charge in [-0.15, -0.1) is 0 Å². The summed E-state index contributed by atoms with van der Waals surface area (Å²) in [6.07, 6.45) is -0.0871. The van der Waals surface area contributed by atoms with E-state index in [9.17, 15) is 9.59 Å². The Bertz CT molecular complexity index is 1040. The Hall–Kier alpha value is -3.31. The van der Waals surface area contributed by atoms with Gasteiger partial charge >= 0.3 is 0 Å². The van der Waals surface area contributed by atoms with Crippen LogP contribution in [0.1, 0.15) is 17.3 Å². The van der Waals surface area contributed by atoms with Crippen LogP contribution < -0.4 is 4.74 Å². The van der Waals surface area contributed by atoms with Crippen molar-refractivity contribution in [3.05, 3.63) is 101 Å². The molecule has 1 aliphatic rings. The number of carbonyl (C=O) groups is 2. The van der Waals surface area contributed by atoms with Crippen molar-refractivity contribution in [2.45, 2.75) is 18.6 Å². The highest BCUT2D eigenvalue weighted by molar-refractivity contribution is 6.30. The number of rotatable bonds is 6. The lowest BCUT2D eigenvalue weighted by molar-refractivity contribution is -0.138. The topological polar surface area (TPSA) is 49.9 Å². The van der Waals surface area contributed by atoms with E-state index in [0.717, 1.165) is 11.1 Å². The summed E-state index contributed by atoms with van der Waals surface area (Å²) in [5, 5.41) is 0.599. The summed E-state index contributed by atoms with van der Waals surface area (Å²) in [4.78, 5) is 29.8. The SMILES string of the molecule is CN1C(=O)[C@@H](Cc2ccccc2)N(C(=O)COc2ccccc2)C1c1ccc(Cl)cc1. The molecule has 3 aromatic carbocycles. The summed E-state index contributed by atoms with van der Waals surface area (Å²) in [6, 6.07) is 25.5. The lowest BCUT2D eigenvalue weighted by Gasteiger charge is -2.30. The minimum absolute atomic E-state index is 0.100. The molecule has 6 heteroatoms. The van der Waals surface area contributed by atoms with Gasteiger partial charge in [-0.25, -0.2) is 0 Å². The van der Waals surface area contributed by atoms with Gasteiger partial charge in [-0.2, -0.15) is 0 Å². The van der Waals surface area contributed by atoms with Gasteiger partial charge < -0.3 is 14.5 Å². The highest BCUT2D eigenvalue weighted by Crippen LogP contribution is 2.35. The van der Waals surface area contributed by atoms with Gasteiger partial charge in [0, 0.05) is 18.5 Å². The minimum atomic E-state index is -0.611. The zero-order valence-electron chi connectivity index (χ0n) is 17.1. The molecule has 0 spiro atoms. The molecule has 0 radical (unpaired) electrons. The fourth-order valence-corrected chi connectivity index (χ4v) is 4.05. The molecule has 0 aliphatic carbocycles. The predicted octanol–water partition coefficient (Wildman–Crippen LogP) is 4.33. The molecular formula is C25H23ClN2O3. The molecule has 1 fully saturated rings. The maximum Gasteiger partial charge on any atom is 0.263 e. The van der Waals surface area contributed by atoms with E-state index in [4.69, 9.17) is 16.3 Å². The minimum Gasteiger partial charge on any atom is -0.484 e. The van der Waals surface area contributed by atoms with E-state index in [2.05, 4.69) is 0 Å². The van der Waals surface area contributed by atoms with Crippen LogP contribution in [0.25, 0.3) is 0 Å². The van der Waals surface area contributed by atoms with Gasteiger partial charge in [-0.1, -0.05) is 72.3 Å². The number of hydrogen-bond acceptors (Lipinski definition) is 3. The average molecular weight is 435 g/mol. The molecule has 1 saturated heterocycles. The number of ether oxygens (including phenoxy) is 1. The second kappa shape index (κ2) is 9.23. The van der Waals surface area contributed by atoms with Crippen LogP contribution in [0.2, 0.25) is 5.02 Å². The van der Waals surface area contributed by atoms with E-state index >= 15 is 0 Å². The number of carbonyl (C=O) groups excluding carboxylic acids is 2. The number of halogens is 1. The van der Waals surface area contributed by atoms with E-state index in [0.29, 0.717) is 17.2 Å². The van der Waals surface area contributed by atoms with Crippen molar-refractivity contribution in [3.8, 4) is 5.75 Å². The van der Waals surface area contributed by atoms with E-state index in [1.54, 1.807) is 41.1 Å². The van der Waals surface area contributed by atoms with Crippen LogP contribution >= 0.6 is 11.6 Å². The predicted molar refractivity (Wildman–Crippen MR) is 120 cm³/mol. The van der Waals surface area contributed by atoms with E-state index < -0.39 is 12.2 Å². The van der Waals surface area contributed by atoms with Crippen LogP contribution in [0.3, 0.4) is 0 Å². The van der Waals surface area contributed by atoms with Gasteiger partial charge in [-0.3, -0.25) is 9.59 Å². The fraction of sp³-hybridized carbons (Fsp3) is 0.200. The molecule has 0 aromatic heterocycles. The van der Waals surface area contributed by atoms with E-state index in [1.807, 2.05) is 60.7 Å². The Morgan fingerprint density at radius 2 is 1.55 bits per heavy atom. The third kappa shape index (κ3) is 4.57. The number of benzene rings is 3. The van der Waals surface area contributed by atoms with Crippen molar-refractivity contribution >= 4 is 23.4 Å². The first kappa shape index (κ1) is 20.9. The molecule has 5 nitrogen and oxygen atoms in total. The molecular weight excluding hydrogens is 412 g/mol. The summed E-state index contributed by atoms with van der Waals surface area (Å²) in [6.45, 7) is -0.152. The summed E-state index contributed by atoms with van der Waals surface area (Å²) in [5.41, 5.74) is 1.82. The Labute approximate surface area is 186 Å². The normalized spacial score (nSPS) is 18.3. The molecule has 158 valence electrons. The molecule has 31 heavy (non-hydrogen) atoms. The Kier molecular flexibility index (Phi) is 6.23. The summed E-state index contributed by atoms with van der Waals surface area (Å²) < 4.78 is 5.71. The molecule has 1 aliphatic heterocycles. The van der Waals surface area contributed by atoms with Gasteiger partial charge in [-0.05, 0) is 35.4 Å². The van der Waals surface area contributed by atoms with Crippen molar-refractivity contribution < 1.29 is 14.3 Å². The van der Waals surface area contributed by atoms with Gasteiger partial charge in [0.25, 0.3) is 5.91 Å². The van der Waals surface area contributed by atoms with Gasteiger partial charge in [0.15, 0.2) is 6.61 Å². The van der Waals surface area contributed by atoms with Crippen LogP contribution in [0.15, 0.2) is 84.9 Å². The van der Waals surface area contributed by atoms with Crippen LogP contribution in [-0.2, 0) is 16.0 Å². The monoisotopic (exact) mass is 434 g/mol. The van der Waals surface area contributed by atoms with E-state index in [1.165, 1.54) is 0 Å². The molecule has 2 amide bonds. The Morgan fingerprint density at radius 1 is 0.935 bits per heavy atom. The number of hydrogen-bond donors (Lipinski definition) is 0. The second-order valence-electron chi connectivity index (χ2n) is 7.48. The fourth-order valence-electron chi connectivity index (χ4n) is 3.92. The van der Waals surface area contributed by atoms with Gasteiger partial charge in [0.1, 0.15) is 18.0 Å². The smallest absolute Gasteiger partial charge is 0.263 e. The van der Waals surface area contributed by atoms with Crippen LogP contribution in [0.5, 0.6) is 5.75 Å². The zero-order chi connectivity index (χ0) is 21.8. The van der Waals surface area contributed by atoms with Crippen LogP contribution in [-0.4, -0.2) is 41.3 Å². The van der Waals surface area contributed by atoms with Crippen molar-refractivity contribution in [2.75, 3.05) is 13.7 Å². The average Bonchev–Trinajstić information content (AvgIpc) is 3.04. The number of nitrogens with zero attached hydrogens (tertiary/aromatic N) is 2. The lowest BCUT2D eigenvalue weighted by Crippen LogP contribution is -2.43. The summed E-state index contributed by atoms with van der Waals surface area (Å²) >= 11 is 6.05. The summed E-state index contributed by atoms with van der Waals surface area (Å²) in [5.74, 6) is 0.261. The number of amides is 2. The van der Waals surface area contributed by atoms with Gasteiger partial charge in [0.05, 0.1) is 0 Å². The maximum atomic E-state index is 13.4. The largest absolute Gasteiger partial charge is 0.484 e. The Balaban J connectivity index is 1.64. The number of likely N-dealkylation sites (N-methyl/N-ethyl adjacent to an activating group) is 1. The molecule has 1 unspecified atom stereocenters. The third-order valence-corrected chi connectivity index (χ3v) is 5.68. The first-order valence-electron chi connectivity index (χ1n) is 10.1. The van der Waals surface area contributed by atoms with Crippen molar-refractivity contribution in [1.82, 2.24) is 9.80 Å². The molecule has 2 atom stereocenters. The molecule has 1 heterocycles. The maximum absolute atomic E-state index is 13.4. The molecule has 4 rings (SSSR count). The number of para-hydroxylation sites is 1. The highest BCUT2D eigenvalue weighted by atomic mass is 35.5. The molecule has 3 aromatic rings. The standard InChI is InChI=1S/C25H23ClN2O3/c1-27-24(19-12-14-20(26)15-13-19)28(23(29)17-31-21-10-6-3-7-11-21)22(25(27)30)16-18-8-4-2-5-9-18/h2-15,22,24H,16-17H2,1H3/t22-,24?/m1/s1. The summed E-state index contributed by atoms with van der Waals surface area (Å²) in [7, 11) is 1.73. The molecule has 0 saturated carbocycles. The van der Waals surface area contributed by atoms with Crippen molar-refractivity contribution in [1.29, 1.82) is 0 Å². The Morgan fingerprint density at radius 3 is 2.19 bits per heavy atom. The van der Waals surface area contributed by atoms with E-state index in [-0.39, 0.29) is 18.4 Å². The van der Waals surface area contributed by atoms with Crippen LogP contribution in [0, 0.1) is 0 Å². The van der Waals surface area contributed by atoms with Gasteiger partial charge in [0.2, 0.25) is 5.91 Å². The third-order valence-electron chi connectivity index (χ3n) is 5.43. The zero-order valence-corrected chi connectivity index (χ0v) is 17.9.